The summed E-state index contributed by atoms with van der Waals surface area (Å²) < 4.78 is 34.8. The molecule has 0 aliphatic rings. The molecule has 1 unspecified atom stereocenters. The van der Waals surface area contributed by atoms with E-state index in [1.165, 1.54) is 24.3 Å². The summed E-state index contributed by atoms with van der Waals surface area (Å²) in [5.41, 5.74) is 2.49. The third kappa shape index (κ3) is 5.30. The number of aromatic nitrogens is 1. The van der Waals surface area contributed by atoms with Gasteiger partial charge in [-0.05, 0) is 35.4 Å². The van der Waals surface area contributed by atoms with E-state index < -0.39 is 10.4 Å². The Balaban J connectivity index is 0.00000243. The van der Waals surface area contributed by atoms with Crippen molar-refractivity contribution in [1.82, 2.24) is 4.98 Å². The Hall–Kier alpha value is -1.90. The Morgan fingerprint density at radius 3 is 2.00 bits per heavy atom. The van der Waals surface area contributed by atoms with Crippen molar-refractivity contribution in [2.75, 3.05) is 0 Å². The molecule has 0 bridgehead atoms. The third-order valence-corrected chi connectivity index (χ3v) is 4.02. The first-order valence-corrected chi connectivity index (χ1v) is 8.74. The van der Waals surface area contributed by atoms with Crippen molar-refractivity contribution in [3.05, 3.63) is 89.7 Å². The van der Waals surface area contributed by atoms with Crippen LogP contribution in [0.25, 0.3) is 0 Å². The quantitative estimate of drug-likeness (QED) is 0.475. The van der Waals surface area contributed by atoms with E-state index in [9.17, 15) is 13.5 Å². The number of hydrogen-bond donors (Lipinski definition) is 1. The zero-order valence-electron chi connectivity index (χ0n) is 13.9. The average Bonchev–Trinajstić information content (AvgIpc) is 2.58. The molecule has 0 spiro atoms. The predicted octanol–water partition coefficient (Wildman–Crippen LogP) is -0.479. The first-order valence-electron chi connectivity index (χ1n) is 7.37. The summed E-state index contributed by atoms with van der Waals surface area (Å²) in [6, 6.07) is 18.3. The second kappa shape index (κ2) is 8.66. The molecule has 6 nitrogen and oxygen atoms in total. The summed E-state index contributed by atoms with van der Waals surface area (Å²) in [5.74, 6) is -0.317. The largest absolute Gasteiger partial charge is 1.00 e. The van der Waals surface area contributed by atoms with Crippen LogP contribution in [-0.2, 0) is 10.4 Å². The van der Waals surface area contributed by atoms with Crippen molar-refractivity contribution in [2.45, 2.75) is 5.92 Å². The summed E-state index contributed by atoms with van der Waals surface area (Å²) >= 11 is 0. The van der Waals surface area contributed by atoms with E-state index in [4.69, 9.17) is 4.55 Å². The fraction of sp³-hybridized carbons (Fsp3) is 0.0556. The maximum atomic E-state index is 11.4. The van der Waals surface area contributed by atoms with Gasteiger partial charge in [-0.25, -0.2) is 0 Å². The Morgan fingerprint density at radius 2 is 1.50 bits per heavy atom. The molecule has 0 fully saturated rings. The minimum atomic E-state index is -4.57. The monoisotopic (exact) mass is 379 g/mol. The van der Waals surface area contributed by atoms with Crippen LogP contribution in [0.3, 0.4) is 0 Å². The molecule has 3 rings (SSSR count). The van der Waals surface area contributed by atoms with Crippen LogP contribution in [0.1, 0.15) is 22.7 Å². The molecule has 128 valence electrons. The molecule has 8 heteroatoms. The fourth-order valence-corrected chi connectivity index (χ4v) is 2.93. The number of nitrogens with zero attached hydrogens (tertiary/aromatic N) is 1. The second-order valence-corrected chi connectivity index (χ2v) is 6.36. The number of pyridine rings is 1. The summed E-state index contributed by atoms with van der Waals surface area (Å²) in [5, 5.41) is 11.4. The van der Waals surface area contributed by atoms with Crippen LogP contribution in [0.2, 0.25) is 0 Å². The van der Waals surface area contributed by atoms with Crippen molar-refractivity contribution >= 4 is 10.4 Å². The minimum Gasteiger partial charge on any atom is -0.872 e. The Kier molecular flexibility index (Phi) is 6.80. The maximum absolute atomic E-state index is 11.4. The predicted molar refractivity (Wildman–Crippen MR) is 89.7 cm³/mol. The molecular formula is C18H14NNaO5S. The first-order chi connectivity index (χ1) is 11.9. The Bertz CT molecular complexity index is 945. The molecule has 0 saturated carbocycles. The van der Waals surface area contributed by atoms with E-state index in [1.807, 2.05) is 18.2 Å². The SMILES string of the molecule is O=S(=O)(O)Oc1ccc(C(c2ccc([O-])cc2)c2ccccn2)cc1.[Na+]. The third-order valence-electron chi connectivity index (χ3n) is 3.61. The van der Waals surface area contributed by atoms with Crippen LogP contribution in [0.15, 0.2) is 72.9 Å². The van der Waals surface area contributed by atoms with Gasteiger partial charge in [0.2, 0.25) is 0 Å². The van der Waals surface area contributed by atoms with E-state index in [-0.39, 0.29) is 47.0 Å². The molecule has 0 aliphatic carbocycles. The van der Waals surface area contributed by atoms with Crippen LogP contribution < -0.4 is 38.8 Å². The van der Waals surface area contributed by atoms with Gasteiger partial charge in [-0.15, -0.1) is 5.75 Å². The molecule has 0 radical (unpaired) electrons. The zero-order valence-corrected chi connectivity index (χ0v) is 16.8. The summed E-state index contributed by atoms with van der Waals surface area (Å²) in [4.78, 5) is 4.39. The molecule has 2 aromatic carbocycles. The molecule has 3 aromatic rings. The maximum Gasteiger partial charge on any atom is 1.00 e. The van der Waals surface area contributed by atoms with Gasteiger partial charge in [0.15, 0.2) is 0 Å². The molecule has 0 aliphatic heterocycles. The van der Waals surface area contributed by atoms with Crippen LogP contribution in [0.4, 0.5) is 0 Å². The molecule has 1 atom stereocenters. The van der Waals surface area contributed by atoms with Gasteiger partial charge >= 0.3 is 40.0 Å². The van der Waals surface area contributed by atoms with Gasteiger partial charge in [-0.1, -0.05) is 42.5 Å². The van der Waals surface area contributed by atoms with E-state index in [2.05, 4.69) is 9.17 Å². The zero-order chi connectivity index (χ0) is 17.9. The topological polar surface area (TPSA) is 99.6 Å². The Morgan fingerprint density at radius 1 is 0.923 bits per heavy atom. The van der Waals surface area contributed by atoms with Gasteiger partial charge in [0.1, 0.15) is 5.75 Å². The van der Waals surface area contributed by atoms with Gasteiger partial charge < -0.3 is 9.29 Å². The van der Waals surface area contributed by atoms with Crippen LogP contribution in [0, 0.1) is 0 Å². The average molecular weight is 379 g/mol. The summed E-state index contributed by atoms with van der Waals surface area (Å²) in [7, 11) is -4.57. The van der Waals surface area contributed by atoms with E-state index in [0.29, 0.717) is 0 Å². The van der Waals surface area contributed by atoms with E-state index in [1.54, 1.807) is 30.5 Å². The normalized spacial score (nSPS) is 12.0. The smallest absolute Gasteiger partial charge is 0.872 e. The number of hydrogen-bond acceptors (Lipinski definition) is 5. The second-order valence-electron chi connectivity index (χ2n) is 5.34. The van der Waals surface area contributed by atoms with Crippen LogP contribution in [0.5, 0.6) is 11.5 Å². The van der Waals surface area contributed by atoms with Crippen LogP contribution in [-0.4, -0.2) is 18.0 Å². The summed E-state index contributed by atoms with van der Waals surface area (Å²) in [6.45, 7) is 0. The van der Waals surface area contributed by atoms with Gasteiger partial charge in [0.05, 0.1) is 11.6 Å². The molecule has 0 saturated heterocycles. The van der Waals surface area contributed by atoms with Crippen LogP contribution >= 0.6 is 0 Å². The van der Waals surface area contributed by atoms with Crippen molar-refractivity contribution in [1.29, 1.82) is 0 Å². The van der Waals surface area contributed by atoms with Crippen molar-refractivity contribution < 1.29 is 51.8 Å². The van der Waals surface area contributed by atoms with Gasteiger partial charge in [-0.3, -0.25) is 9.54 Å². The summed E-state index contributed by atoms with van der Waals surface area (Å²) in [6.07, 6.45) is 1.68. The molecule has 1 heterocycles. The molecule has 0 amide bonds. The molecule has 1 aromatic heterocycles. The van der Waals surface area contributed by atoms with Gasteiger partial charge in [0, 0.05) is 6.20 Å². The standard InChI is InChI=1S/C18H15NO5S.Na/c20-15-8-4-13(5-9-15)18(17-3-1-2-12-19-17)14-6-10-16(11-7-14)24-25(21,22)23;/h1-12,18,20H,(H,21,22,23);/q;+1/p-1. The minimum absolute atomic E-state index is 0. The van der Waals surface area contributed by atoms with Crippen molar-refractivity contribution in [3.63, 3.8) is 0 Å². The Labute approximate surface area is 173 Å². The van der Waals surface area contributed by atoms with Crippen molar-refractivity contribution in [3.8, 4) is 11.5 Å². The molecule has 26 heavy (non-hydrogen) atoms. The van der Waals surface area contributed by atoms with E-state index >= 15 is 0 Å². The molecule has 1 N–H and O–H groups in total. The first kappa shape index (κ1) is 20.4. The fourth-order valence-electron chi connectivity index (χ4n) is 2.58. The van der Waals surface area contributed by atoms with Crippen molar-refractivity contribution in [2.24, 2.45) is 0 Å². The number of rotatable bonds is 5. The number of benzene rings is 2. The van der Waals surface area contributed by atoms with Gasteiger partial charge in [-0.2, -0.15) is 8.42 Å². The van der Waals surface area contributed by atoms with E-state index in [0.717, 1.165) is 16.8 Å². The molecular weight excluding hydrogens is 365 g/mol. The van der Waals surface area contributed by atoms with Gasteiger partial charge in [0.25, 0.3) is 0 Å².